The minimum Gasteiger partial charge on any atom is -0.493 e. The van der Waals surface area contributed by atoms with Gasteiger partial charge >= 0.3 is 5.97 Å². The second kappa shape index (κ2) is 10.7. The Hall–Kier alpha value is -4.39. The lowest BCUT2D eigenvalue weighted by Gasteiger charge is -2.26. The third-order valence-corrected chi connectivity index (χ3v) is 6.74. The molecule has 1 N–H and O–H groups in total. The number of ether oxygens (including phenoxy) is 3. The highest BCUT2D eigenvalue weighted by Crippen LogP contribution is 2.36. The van der Waals surface area contributed by atoms with E-state index in [2.05, 4.69) is 17.4 Å². The first kappa shape index (κ1) is 24.3. The Morgan fingerprint density at radius 2 is 1.70 bits per heavy atom. The molecule has 5 rings (SSSR count). The van der Waals surface area contributed by atoms with Gasteiger partial charge in [0.1, 0.15) is 0 Å². The number of para-hydroxylation sites is 1. The van der Waals surface area contributed by atoms with Crippen LogP contribution < -0.4 is 14.8 Å². The van der Waals surface area contributed by atoms with E-state index in [0.717, 1.165) is 35.0 Å². The van der Waals surface area contributed by atoms with E-state index in [0.29, 0.717) is 29.2 Å². The van der Waals surface area contributed by atoms with E-state index in [4.69, 9.17) is 19.2 Å². The van der Waals surface area contributed by atoms with Crippen LogP contribution >= 0.6 is 0 Å². The Morgan fingerprint density at radius 3 is 2.49 bits per heavy atom. The third kappa shape index (κ3) is 5.11. The molecule has 0 bridgehead atoms. The monoisotopic (exact) mass is 496 g/mol. The van der Waals surface area contributed by atoms with E-state index in [-0.39, 0.29) is 5.92 Å². The van der Waals surface area contributed by atoms with Crippen LogP contribution in [0.3, 0.4) is 0 Å². The van der Waals surface area contributed by atoms with Gasteiger partial charge in [0.2, 0.25) is 0 Å². The van der Waals surface area contributed by atoms with Crippen LogP contribution in [0.1, 0.15) is 39.5 Å². The van der Waals surface area contributed by atoms with Gasteiger partial charge in [-0.05, 0) is 54.5 Å². The predicted octanol–water partition coefficient (Wildman–Crippen LogP) is 5.32. The second-order valence-electron chi connectivity index (χ2n) is 8.97. The molecule has 1 amide bonds. The summed E-state index contributed by atoms with van der Waals surface area (Å²) in [6, 6.07) is 22.9. The lowest BCUT2D eigenvalue weighted by molar-refractivity contribution is -0.119. The minimum absolute atomic E-state index is 0.288. The number of aryl methyl sites for hydroxylation is 1. The predicted molar refractivity (Wildman–Crippen MR) is 141 cm³/mol. The molecule has 0 aliphatic heterocycles. The standard InChI is InChI=1S/C30H28N2O5/c1-35-26-15-13-21(17-27(26)36-2)31-28(33)18-37-30(34)29-22-10-6-7-11-24(22)32-25-14-12-20(16-23(25)29)19-8-4-3-5-9-19/h3-11,13,15,17,20H,12,14,16,18H2,1-2H3,(H,31,33). The summed E-state index contributed by atoms with van der Waals surface area (Å²) >= 11 is 0. The normalized spacial score (nSPS) is 14.5. The molecule has 188 valence electrons. The van der Waals surface area contributed by atoms with Crippen LogP contribution in [0.5, 0.6) is 11.5 Å². The SMILES string of the molecule is COc1ccc(NC(=O)COC(=O)c2c3c(nc4ccccc24)CCC(c2ccccc2)C3)cc1OC. The van der Waals surface area contributed by atoms with Crippen molar-refractivity contribution in [1.29, 1.82) is 0 Å². The van der Waals surface area contributed by atoms with E-state index >= 15 is 0 Å². The number of rotatable bonds is 7. The topological polar surface area (TPSA) is 86.8 Å². The van der Waals surface area contributed by atoms with E-state index < -0.39 is 18.5 Å². The molecule has 1 unspecified atom stereocenters. The van der Waals surface area contributed by atoms with Crippen LogP contribution in [0, 0.1) is 0 Å². The molecule has 0 fully saturated rings. The van der Waals surface area contributed by atoms with Crippen molar-refractivity contribution in [1.82, 2.24) is 4.98 Å². The molecular weight excluding hydrogens is 468 g/mol. The van der Waals surface area contributed by atoms with Crippen LogP contribution in [-0.4, -0.2) is 37.7 Å². The van der Waals surface area contributed by atoms with Crippen molar-refractivity contribution in [2.75, 3.05) is 26.1 Å². The van der Waals surface area contributed by atoms with E-state index in [1.807, 2.05) is 42.5 Å². The Bertz CT molecular complexity index is 1450. The van der Waals surface area contributed by atoms with Crippen LogP contribution in [0.4, 0.5) is 5.69 Å². The maximum absolute atomic E-state index is 13.4. The number of fused-ring (bicyclic) bond motifs is 2. The highest BCUT2D eigenvalue weighted by atomic mass is 16.5. The van der Waals surface area contributed by atoms with Gasteiger partial charge in [-0.3, -0.25) is 9.78 Å². The number of pyridine rings is 1. The number of methoxy groups -OCH3 is 2. The molecule has 1 heterocycles. The summed E-state index contributed by atoms with van der Waals surface area (Å²) in [6.45, 7) is -0.416. The fourth-order valence-electron chi connectivity index (χ4n) is 4.95. The lowest BCUT2D eigenvalue weighted by Crippen LogP contribution is -2.23. The zero-order valence-electron chi connectivity index (χ0n) is 20.8. The van der Waals surface area contributed by atoms with Gasteiger partial charge in [-0.1, -0.05) is 48.5 Å². The number of hydrogen-bond acceptors (Lipinski definition) is 6. The number of benzene rings is 3. The van der Waals surface area contributed by atoms with E-state index in [1.165, 1.54) is 12.7 Å². The second-order valence-corrected chi connectivity index (χ2v) is 8.97. The van der Waals surface area contributed by atoms with Gasteiger partial charge in [0, 0.05) is 22.8 Å². The quantitative estimate of drug-likeness (QED) is 0.349. The van der Waals surface area contributed by atoms with Gasteiger partial charge in [0.15, 0.2) is 18.1 Å². The van der Waals surface area contributed by atoms with Crippen molar-refractivity contribution >= 4 is 28.5 Å². The van der Waals surface area contributed by atoms with Crippen molar-refractivity contribution in [3.63, 3.8) is 0 Å². The van der Waals surface area contributed by atoms with E-state index in [9.17, 15) is 9.59 Å². The summed E-state index contributed by atoms with van der Waals surface area (Å²) in [5, 5.41) is 3.48. The van der Waals surface area contributed by atoms with Crippen LogP contribution in [0.25, 0.3) is 10.9 Å². The molecule has 0 saturated carbocycles. The molecular formula is C30H28N2O5. The number of carbonyl (C=O) groups is 2. The van der Waals surface area contributed by atoms with Gasteiger partial charge in [-0.25, -0.2) is 4.79 Å². The Kier molecular flexibility index (Phi) is 7.03. The highest BCUT2D eigenvalue weighted by molar-refractivity contribution is 6.06. The number of aromatic nitrogens is 1. The Balaban J connectivity index is 1.37. The van der Waals surface area contributed by atoms with Crippen molar-refractivity contribution in [3.8, 4) is 11.5 Å². The number of nitrogens with one attached hydrogen (secondary N) is 1. The Morgan fingerprint density at radius 1 is 0.946 bits per heavy atom. The molecule has 4 aromatic rings. The number of esters is 1. The average Bonchev–Trinajstić information content (AvgIpc) is 2.94. The molecule has 7 heteroatoms. The Labute approximate surface area is 215 Å². The van der Waals surface area contributed by atoms with Crippen LogP contribution in [0.15, 0.2) is 72.8 Å². The molecule has 1 aromatic heterocycles. The van der Waals surface area contributed by atoms with Gasteiger partial charge in [0.05, 0.1) is 25.3 Å². The highest BCUT2D eigenvalue weighted by Gasteiger charge is 2.28. The molecule has 0 radical (unpaired) electrons. The number of anilines is 1. The molecule has 0 spiro atoms. The summed E-state index contributed by atoms with van der Waals surface area (Å²) in [4.78, 5) is 30.9. The maximum atomic E-state index is 13.4. The lowest BCUT2D eigenvalue weighted by atomic mass is 9.80. The first-order chi connectivity index (χ1) is 18.1. The molecule has 0 saturated heterocycles. The summed E-state index contributed by atoms with van der Waals surface area (Å²) in [7, 11) is 3.06. The molecule has 1 aliphatic carbocycles. The van der Waals surface area contributed by atoms with Crippen LogP contribution in [0.2, 0.25) is 0 Å². The average molecular weight is 497 g/mol. The zero-order chi connectivity index (χ0) is 25.8. The minimum atomic E-state index is -0.522. The number of amides is 1. The largest absolute Gasteiger partial charge is 0.493 e. The fraction of sp³-hybridized carbons (Fsp3) is 0.233. The first-order valence-corrected chi connectivity index (χ1v) is 12.2. The molecule has 1 atom stereocenters. The summed E-state index contributed by atoms with van der Waals surface area (Å²) in [5.41, 5.74) is 4.84. The molecule has 1 aliphatic rings. The van der Waals surface area contributed by atoms with Crippen molar-refractivity contribution in [2.24, 2.45) is 0 Å². The van der Waals surface area contributed by atoms with Gasteiger partial charge in [-0.15, -0.1) is 0 Å². The van der Waals surface area contributed by atoms with Crippen molar-refractivity contribution in [3.05, 3.63) is 95.2 Å². The summed E-state index contributed by atoms with van der Waals surface area (Å²) < 4.78 is 16.1. The number of nitrogens with zero attached hydrogens (tertiary/aromatic N) is 1. The fourth-order valence-corrected chi connectivity index (χ4v) is 4.95. The smallest absolute Gasteiger partial charge is 0.339 e. The van der Waals surface area contributed by atoms with E-state index in [1.54, 1.807) is 25.3 Å². The summed E-state index contributed by atoms with van der Waals surface area (Å²) in [5.74, 6) is 0.354. The van der Waals surface area contributed by atoms with Gasteiger partial charge < -0.3 is 19.5 Å². The molecule has 3 aromatic carbocycles. The van der Waals surface area contributed by atoms with Gasteiger partial charge in [0.25, 0.3) is 5.91 Å². The van der Waals surface area contributed by atoms with Crippen molar-refractivity contribution < 1.29 is 23.8 Å². The number of carbonyl (C=O) groups excluding carboxylic acids is 2. The van der Waals surface area contributed by atoms with Crippen molar-refractivity contribution in [2.45, 2.75) is 25.2 Å². The summed E-state index contributed by atoms with van der Waals surface area (Å²) in [6.07, 6.45) is 2.43. The van der Waals surface area contributed by atoms with Gasteiger partial charge in [-0.2, -0.15) is 0 Å². The van der Waals surface area contributed by atoms with Crippen LogP contribution in [-0.2, 0) is 22.4 Å². The number of hydrogen-bond donors (Lipinski definition) is 1. The first-order valence-electron chi connectivity index (χ1n) is 12.2. The maximum Gasteiger partial charge on any atom is 0.339 e. The molecule has 7 nitrogen and oxygen atoms in total. The molecule has 37 heavy (non-hydrogen) atoms. The zero-order valence-corrected chi connectivity index (χ0v) is 20.8. The third-order valence-electron chi connectivity index (χ3n) is 6.74.